The summed E-state index contributed by atoms with van der Waals surface area (Å²) in [5, 5.41) is 3.31. The number of rotatable bonds is 5. The molecule has 16 heavy (non-hydrogen) atoms. The first-order valence-electron chi connectivity index (χ1n) is 5.94. The molecule has 0 aromatic heterocycles. The largest absolute Gasteiger partial charge is 0.317 e. The van der Waals surface area contributed by atoms with Crippen LogP contribution in [0.2, 0.25) is 0 Å². The van der Waals surface area contributed by atoms with Crippen LogP contribution in [-0.4, -0.2) is 13.1 Å². The second-order valence-corrected chi connectivity index (χ2v) is 5.00. The molecule has 0 amide bonds. The van der Waals surface area contributed by atoms with Crippen molar-refractivity contribution in [2.24, 2.45) is 0 Å². The van der Waals surface area contributed by atoms with Gasteiger partial charge in [0.1, 0.15) is 5.82 Å². The zero-order valence-corrected chi connectivity index (χ0v) is 10.7. The second kappa shape index (κ2) is 5.44. The molecule has 0 aliphatic heterocycles. The highest BCUT2D eigenvalue weighted by Crippen LogP contribution is 2.27. The first kappa shape index (κ1) is 13.2. The van der Waals surface area contributed by atoms with Gasteiger partial charge in [-0.15, -0.1) is 0 Å². The lowest BCUT2D eigenvalue weighted by atomic mass is 9.81. The molecule has 0 unspecified atom stereocenters. The van der Waals surface area contributed by atoms with Crippen molar-refractivity contribution in [3.63, 3.8) is 0 Å². The van der Waals surface area contributed by atoms with E-state index in [9.17, 15) is 4.39 Å². The maximum Gasteiger partial charge on any atom is 0.123 e. The van der Waals surface area contributed by atoms with Crippen LogP contribution in [0.15, 0.2) is 18.2 Å². The SMILES string of the molecule is CCNCCC(C)(C)c1cc(C)cc(F)c1. The summed E-state index contributed by atoms with van der Waals surface area (Å²) in [6, 6.07) is 5.30. The van der Waals surface area contributed by atoms with Gasteiger partial charge in [-0.3, -0.25) is 0 Å². The van der Waals surface area contributed by atoms with Gasteiger partial charge in [-0.25, -0.2) is 4.39 Å². The van der Waals surface area contributed by atoms with Gasteiger partial charge < -0.3 is 5.32 Å². The van der Waals surface area contributed by atoms with E-state index in [-0.39, 0.29) is 11.2 Å². The Balaban J connectivity index is 2.80. The van der Waals surface area contributed by atoms with Crippen LogP contribution in [0.25, 0.3) is 0 Å². The maximum atomic E-state index is 13.3. The van der Waals surface area contributed by atoms with E-state index in [1.54, 1.807) is 12.1 Å². The quantitative estimate of drug-likeness (QED) is 0.754. The third-order valence-electron chi connectivity index (χ3n) is 3.00. The van der Waals surface area contributed by atoms with Crippen molar-refractivity contribution in [1.29, 1.82) is 0 Å². The third-order valence-corrected chi connectivity index (χ3v) is 3.00. The van der Waals surface area contributed by atoms with Crippen LogP contribution in [-0.2, 0) is 5.41 Å². The van der Waals surface area contributed by atoms with Gasteiger partial charge in [0, 0.05) is 0 Å². The van der Waals surface area contributed by atoms with E-state index in [0.29, 0.717) is 0 Å². The number of hydrogen-bond acceptors (Lipinski definition) is 1. The lowest BCUT2D eigenvalue weighted by molar-refractivity contribution is 0.457. The van der Waals surface area contributed by atoms with Crippen LogP contribution < -0.4 is 5.32 Å². The molecule has 1 aromatic carbocycles. The summed E-state index contributed by atoms with van der Waals surface area (Å²) in [6.07, 6.45) is 1.02. The Morgan fingerprint density at radius 1 is 1.25 bits per heavy atom. The first-order valence-corrected chi connectivity index (χ1v) is 5.94. The van der Waals surface area contributed by atoms with Crippen molar-refractivity contribution >= 4 is 0 Å². The topological polar surface area (TPSA) is 12.0 Å². The van der Waals surface area contributed by atoms with E-state index >= 15 is 0 Å². The summed E-state index contributed by atoms with van der Waals surface area (Å²) in [6.45, 7) is 10.3. The van der Waals surface area contributed by atoms with Crippen LogP contribution in [0.5, 0.6) is 0 Å². The molecule has 1 rings (SSSR count). The van der Waals surface area contributed by atoms with Gasteiger partial charge in [0.15, 0.2) is 0 Å². The Labute approximate surface area is 98.1 Å². The predicted octanol–water partition coefficient (Wildman–Crippen LogP) is 3.41. The highest BCUT2D eigenvalue weighted by atomic mass is 19.1. The normalized spacial score (nSPS) is 11.8. The fraction of sp³-hybridized carbons (Fsp3) is 0.571. The van der Waals surface area contributed by atoms with Gasteiger partial charge in [-0.1, -0.05) is 26.8 Å². The summed E-state index contributed by atoms with van der Waals surface area (Å²) < 4.78 is 13.3. The van der Waals surface area contributed by atoms with Gasteiger partial charge in [-0.2, -0.15) is 0 Å². The summed E-state index contributed by atoms with van der Waals surface area (Å²) in [5.74, 6) is -0.133. The fourth-order valence-corrected chi connectivity index (χ4v) is 1.85. The van der Waals surface area contributed by atoms with Crippen LogP contribution in [0.1, 0.15) is 38.3 Å². The molecule has 0 atom stereocenters. The maximum absolute atomic E-state index is 13.3. The van der Waals surface area contributed by atoms with Crippen molar-refractivity contribution in [3.8, 4) is 0 Å². The van der Waals surface area contributed by atoms with Gasteiger partial charge in [0.2, 0.25) is 0 Å². The molecule has 0 fully saturated rings. The summed E-state index contributed by atoms with van der Waals surface area (Å²) in [4.78, 5) is 0. The number of nitrogens with one attached hydrogen (secondary N) is 1. The van der Waals surface area contributed by atoms with Crippen LogP contribution in [0.4, 0.5) is 4.39 Å². The van der Waals surface area contributed by atoms with E-state index in [1.165, 1.54) is 0 Å². The molecule has 0 heterocycles. The highest BCUT2D eigenvalue weighted by molar-refractivity contribution is 5.29. The number of hydrogen-bond donors (Lipinski definition) is 1. The molecule has 0 aliphatic carbocycles. The van der Waals surface area contributed by atoms with E-state index in [0.717, 1.165) is 30.6 Å². The molecule has 0 radical (unpaired) electrons. The lowest BCUT2D eigenvalue weighted by Gasteiger charge is -2.26. The molecular weight excluding hydrogens is 201 g/mol. The van der Waals surface area contributed by atoms with E-state index in [4.69, 9.17) is 0 Å². The van der Waals surface area contributed by atoms with E-state index in [1.807, 2.05) is 6.92 Å². The molecule has 2 heteroatoms. The van der Waals surface area contributed by atoms with E-state index in [2.05, 4.69) is 32.2 Å². The Kier molecular flexibility index (Phi) is 4.48. The minimum atomic E-state index is -0.133. The predicted molar refractivity (Wildman–Crippen MR) is 67.3 cm³/mol. The van der Waals surface area contributed by atoms with Crippen molar-refractivity contribution in [1.82, 2.24) is 5.32 Å². The number of halogens is 1. The van der Waals surface area contributed by atoms with Gasteiger partial charge >= 0.3 is 0 Å². The standard InChI is InChI=1S/C14H22FN/c1-5-16-7-6-14(3,4)12-8-11(2)9-13(15)10-12/h8-10,16H,5-7H2,1-4H3. The zero-order chi connectivity index (χ0) is 12.2. The van der Waals surface area contributed by atoms with Crippen molar-refractivity contribution in [2.75, 3.05) is 13.1 Å². The third kappa shape index (κ3) is 3.60. The van der Waals surface area contributed by atoms with Gasteiger partial charge in [0.05, 0.1) is 0 Å². The molecular formula is C14H22FN. The van der Waals surface area contributed by atoms with Crippen molar-refractivity contribution < 1.29 is 4.39 Å². The first-order chi connectivity index (χ1) is 7.45. The molecule has 1 aromatic rings. The molecule has 0 aliphatic rings. The van der Waals surface area contributed by atoms with Gasteiger partial charge in [0.25, 0.3) is 0 Å². The summed E-state index contributed by atoms with van der Waals surface area (Å²) >= 11 is 0. The Bertz CT molecular complexity index is 324. The van der Waals surface area contributed by atoms with Crippen LogP contribution in [0, 0.1) is 12.7 Å². The minimum absolute atomic E-state index is 0.0228. The summed E-state index contributed by atoms with van der Waals surface area (Å²) in [5.41, 5.74) is 2.10. The fourth-order valence-electron chi connectivity index (χ4n) is 1.85. The average Bonchev–Trinajstić information content (AvgIpc) is 2.16. The van der Waals surface area contributed by atoms with Crippen LogP contribution >= 0.6 is 0 Å². The van der Waals surface area contributed by atoms with Crippen molar-refractivity contribution in [3.05, 3.63) is 35.1 Å². The monoisotopic (exact) mass is 223 g/mol. The Morgan fingerprint density at radius 2 is 1.94 bits per heavy atom. The summed E-state index contributed by atoms with van der Waals surface area (Å²) in [7, 11) is 0. The molecule has 1 nitrogen and oxygen atoms in total. The molecule has 90 valence electrons. The molecule has 0 bridgehead atoms. The molecule has 1 N–H and O–H groups in total. The molecule has 0 saturated heterocycles. The van der Waals surface area contributed by atoms with Crippen molar-refractivity contribution in [2.45, 2.75) is 39.5 Å². The molecule has 0 saturated carbocycles. The Hall–Kier alpha value is -0.890. The second-order valence-electron chi connectivity index (χ2n) is 5.00. The van der Waals surface area contributed by atoms with Gasteiger partial charge in [-0.05, 0) is 55.1 Å². The molecule has 0 spiro atoms. The Morgan fingerprint density at radius 3 is 2.50 bits per heavy atom. The smallest absolute Gasteiger partial charge is 0.123 e. The zero-order valence-electron chi connectivity index (χ0n) is 10.7. The van der Waals surface area contributed by atoms with E-state index < -0.39 is 0 Å². The highest BCUT2D eigenvalue weighted by Gasteiger charge is 2.20. The average molecular weight is 223 g/mol. The van der Waals surface area contributed by atoms with Crippen LogP contribution in [0.3, 0.4) is 0 Å². The number of benzene rings is 1. The lowest BCUT2D eigenvalue weighted by Crippen LogP contribution is -2.25. The minimum Gasteiger partial charge on any atom is -0.317 e. The number of aryl methyl sites for hydroxylation is 1.